The van der Waals surface area contributed by atoms with Crippen LogP contribution < -0.4 is 5.32 Å². The molecule has 0 spiro atoms. The Hall–Kier alpha value is -2.95. The van der Waals surface area contributed by atoms with E-state index in [1.54, 1.807) is 12.1 Å². The zero-order valence-electron chi connectivity index (χ0n) is 12.3. The molecule has 5 heteroatoms. The highest BCUT2D eigenvalue weighted by molar-refractivity contribution is 6.03. The number of rotatable bonds is 3. The van der Waals surface area contributed by atoms with E-state index in [1.165, 1.54) is 0 Å². The van der Waals surface area contributed by atoms with Crippen LogP contribution in [0.15, 0.2) is 52.9 Å². The summed E-state index contributed by atoms with van der Waals surface area (Å²) in [6.07, 6.45) is 0. The molecular weight excluding hydrogens is 278 g/mol. The molecule has 1 N–H and O–H groups in total. The number of benzene rings is 2. The Labute approximate surface area is 128 Å². The van der Waals surface area contributed by atoms with Crippen molar-refractivity contribution in [3.63, 3.8) is 0 Å². The molecule has 5 nitrogen and oxygen atoms in total. The number of nitrogens with one attached hydrogen (secondary N) is 1. The van der Waals surface area contributed by atoms with Crippen LogP contribution in [0.3, 0.4) is 0 Å². The van der Waals surface area contributed by atoms with Crippen LogP contribution in [0, 0.1) is 13.8 Å². The maximum Gasteiger partial charge on any atom is 0.322 e. The zero-order valence-corrected chi connectivity index (χ0v) is 12.3. The molecule has 1 aromatic heterocycles. The third kappa shape index (κ3) is 3.03. The molecule has 110 valence electrons. The van der Waals surface area contributed by atoms with Gasteiger partial charge in [0.25, 0.3) is 5.91 Å². The molecule has 0 bridgehead atoms. The van der Waals surface area contributed by atoms with Gasteiger partial charge in [-0.15, -0.1) is 5.10 Å². The minimum atomic E-state index is -0.278. The summed E-state index contributed by atoms with van der Waals surface area (Å²) >= 11 is 0. The van der Waals surface area contributed by atoms with Crippen molar-refractivity contribution in [2.24, 2.45) is 0 Å². The average molecular weight is 293 g/mol. The Morgan fingerprint density at radius 3 is 2.50 bits per heavy atom. The number of amides is 1. The number of hydrogen-bond donors (Lipinski definition) is 1. The van der Waals surface area contributed by atoms with Crippen molar-refractivity contribution in [3.05, 3.63) is 65.2 Å². The number of hydrogen-bond acceptors (Lipinski definition) is 4. The molecule has 22 heavy (non-hydrogen) atoms. The third-order valence-corrected chi connectivity index (χ3v) is 3.22. The monoisotopic (exact) mass is 293 g/mol. The summed E-state index contributed by atoms with van der Waals surface area (Å²) < 4.78 is 5.49. The minimum absolute atomic E-state index is 0.0853. The normalized spacial score (nSPS) is 10.5. The van der Waals surface area contributed by atoms with Crippen molar-refractivity contribution in [2.75, 3.05) is 5.32 Å². The van der Waals surface area contributed by atoms with Crippen LogP contribution in [0.5, 0.6) is 0 Å². The van der Waals surface area contributed by atoms with E-state index in [0.717, 1.165) is 16.7 Å². The van der Waals surface area contributed by atoms with Gasteiger partial charge in [-0.05, 0) is 38.1 Å². The molecule has 0 saturated carbocycles. The van der Waals surface area contributed by atoms with Crippen LogP contribution >= 0.6 is 0 Å². The molecule has 0 unspecified atom stereocenters. The minimum Gasteiger partial charge on any atom is -0.403 e. The van der Waals surface area contributed by atoms with Gasteiger partial charge < -0.3 is 4.42 Å². The summed E-state index contributed by atoms with van der Waals surface area (Å²) in [6.45, 7) is 3.95. The predicted molar refractivity (Wildman–Crippen MR) is 83.6 cm³/mol. The van der Waals surface area contributed by atoms with E-state index in [-0.39, 0.29) is 11.9 Å². The van der Waals surface area contributed by atoms with Crippen molar-refractivity contribution in [1.82, 2.24) is 10.2 Å². The number of anilines is 1. The summed E-state index contributed by atoms with van der Waals surface area (Å²) in [5.74, 6) is 0.0994. The Morgan fingerprint density at radius 1 is 1.00 bits per heavy atom. The van der Waals surface area contributed by atoms with Crippen LogP contribution in [-0.2, 0) is 0 Å². The molecule has 0 saturated heterocycles. The largest absolute Gasteiger partial charge is 0.403 e. The van der Waals surface area contributed by atoms with Crippen molar-refractivity contribution >= 4 is 11.9 Å². The zero-order chi connectivity index (χ0) is 15.5. The second kappa shape index (κ2) is 5.81. The topological polar surface area (TPSA) is 68.0 Å². The Kier molecular flexibility index (Phi) is 3.70. The molecule has 0 aliphatic heterocycles. The van der Waals surface area contributed by atoms with Crippen LogP contribution in [0.2, 0.25) is 0 Å². The number of carbonyl (C=O) groups is 1. The smallest absolute Gasteiger partial charge is 0.322 e. The van der Waals surface area contributed by atoms with Crippen LogP contribution in [0.25, 0.3) is 11.5 Å². The molecular formula is C17H15N3O2. The van der Waals surface area contributed by atoms with E-state index in [2.05, 4.69) is 15.5 Å². The predicted octanol–water partition coefficient (Wildman–Crippen LogP) is 3.61. The number of carbonyl (C=O) groups excluding carboxylic acids is 1. The second-order valence-electron chi connectivity index (χ2n) is 5.10. The van der Waals surface area contributed by atoms with Gasteiger partial charge in [-0.25, -0.2) is 0 Å². The Morgan fingerprint density at radius 2 is 1.77 bits per heavy atom. The maximum atomic E-state index is 12.1. The number of aryl methyl sites for hydroxylation is 2. The number of aromatic nitrogens is 2. The highest BCUT2D eigenvalue weighted by Crippen LogP contribution is 2.20. The Bertz CT molecular complexity index is 807. The lowest BCUT2D eigenvalue weighted by molar-refractivity contribution is 0.102. The molecule has 0 radical (unpaired) electrons. The SMILES string of the molecule is Cc1ccc(C(=O)Nc2nnc(-c3cccc(C)c3)o2)cc1. The fourth-order valence-corrected chi connectivity index (χ4v) is 2.04. The van der Waals surface area contributed by atoms with Gasteiger partial charge >= 0.3 is 6.01 Å². The van der Waals surface area contributed by atoms with E-state index >= 15 is 0 Å². The van der Waals surface area contributed by atoms with Gasteiger partial charge in [0.1, 0.15) is 0 Å². The molecule has 0 fully saturated rings. The van der Waals surface area contributed by atoms with Gasteiger partial charge in [0.2, 0.25) is 5.89 Å². The van der Waals surface area contributed by atoms with Crippen molar-refractivity contribution in [3.8, 4) is 11.5 Å². The first-order valence-electron chi connectivity index (χ1n) is 6.90. The van der Waals surface area contributed by atoms with Crippen molar-refractivity contribution in [2.45, 2.75) is 13.8 Å². The van der Waals surface area contributed by atoms with E-state index in [1.807, 2.05) is 50.2 Å². The molecule has 3 rings (SSSR count). The van der Waals surface area contributed by atoms with Gasteiger partial charge in [-0.3, -0.25) is 10.1 Å². The lowest BCUT2D eigenvalue weighted by Gasteiger charge is -2.01. The number of nitrogens with zero attached hydrogens (tertiary/aromatic N) is 2. The van der Waals surface area contributed by atoms with Crippen molar-refractivity contribution in [1.29, 1.82) is 0 Å². The van der Waals surface area contributed by atoms with E-state index in [9.17, 15) is 4.79 Å². The summed E-state index contributed by atoms with van der Waals surface area (Å²) in [6, 6.07) is 15.1. The quantitative estimate of drug-likeness (QED) is 0.801. The molecule has 0 aliphatic carbocycles. The van der Waals surface area contributed by atoms with Crippen LogP contribution in [0.1, 0.15) is 21.5 Å². The molecule has 1 heterocycles. The van der Waals surface area contributed by atoms with E-state index < -0.39 is 0 Å². The second-order valence-corrected chi connectivity index (χ2v) is 5.10. The summed E-state index contributed by atoms with van der Waals surface area (Å²) in [5.41, 5.74) is 3.56. The van der Waals surface area contributed by atoms with Crippen LogP contribution in [-0.4, -0.2) is 16.1 Å². The fraction of sp³-hybridized carbons (Fsp3) is 0.118. The first kappa shape index (κ1) is 14.0. The van der Waals surface area contributed by atoms with E-state index in [4.69, 9.17) is 4.42 Å². The molecule has 0 aliphatic rings. The average Bonchev–Trinajstić information content (AvgIpc) is 2.96. The first-order chi connectivity index (χ1) is 10.6. The van der Waals surface area contributed by atoms with Gasteiger partial charge in [0.15, 0.2) is 0 Å². The van der Waals surface area contributed by atoms with E-state index in [0.29, 0.717) is 11.5 Å². The summed E-state index contributed by atoms with van der Waals surface area (Å²) in [7, 11) is 0. The lowest BCUT2D eigenvalue weighted by atomic mass is 10.1. The van der Waals surface area contributed by atoms with Gasteiger partial charge in [0, 0.05) is 11.1 Å². The first-order valence-corrected chi connectivity index (χ1v) is 6.90. The summed E-state index contributed by atoms with van der Waals surface area (Å²) in [5, 5.41) is 10.4. The highest BCUT2D eigenvalue weighted by atomic mass is 16.4. The summed E-state index contributed by atoms with van der Waals surface area (Å²) in [4.78, 5) is 12.1. The molecule has 0 atom stereocenters. The van der Waals surface area contributed by atoms with Gasteiger partial charge in [0.05, 0.1) is 0 Å². The Balaban J connectivity index is 1.77. The highest BCUT2D eigenvalue weighted by Gasteiger charge is 2.12. The molecule has 2 aromatic carbocycles. The molecule has 1 amide bonds. The fourth-order valence-electron chi connectivity index (χ4n) is 2.04. The lowest BCUT2D eigenvalue weighted by Crippen LogP contribution is -2.11. The maximum absolute atomic E-state index is 12.1. The standard InChI is InChI=1S/C17H15N3O2/c1-11-6-8-13(9-7-11)15(21)18-17-20-19-16(22-17)14-5-3-4-12(2)10-14/h3-10H,1-2H3,(H,18,20,21). The van der Waals surface area contributed by atoms with Crippen molar-refractivity contribution < 1.29 is 9.21 Å². The molecule has 3 aromatic rings. The third-order valence-electron chi connectivity index (χ3n) is 3.22. The van der Waals surface area contributed by atoms with Crippen LogP contribution in [0.4, 0.5) is 6.01 Å². The van der Waals surface area contributed by atoms with Gasteiger partial charge in [-0.2, -0.15) is 0 Å². The van der Waals surface area contributed by atoms with Gasteiger partial charge in [-0.1, -0.05) is 40.5 Å².